The van der Waals surface area contributed by atoms with Crippen molar-refractivity contribution in [1.29, 1.82) is 0 Å². The standard InChI is InChI=1S/C13H19ClN2O4S/c1-4-6-7-15(5-2)21(19,20)13-9-12(16(17)18)11(14)8-10(13)3/h8-9H,4-7H2,1-3H3. The predicted octanol–water partition coefficient (Wildman–Crippen LogP) is 3.37. The Kier molecular flexibility index (Phi) is 6.12. The maximum Gasteiger partial charge on any atom is 0.289 e. The quantitative estimate of drug-likeness (QED) is 0.565. The summed E-state index contributed by atoms with van der Waals surface area (Å²) >= 11 is 5.79. The van der Waals surface area contributed by atoms with Crippen molar-refractivity contribution in [2.75, 3.05) is 13.1 Å². The van der Waals surface area contributed by atoms with Gasteiger partial charge in [0.25, 0.3) is 5.69 Å². The Morgan fingerprint density at radius 1 is 1.33 bits per heavy atom. The van der Waals surface area contributed by atoms with Gasteiger partial charge in [-0.2, -0.15) is 4.31 Å². The molecule has 0 fully saturated rings. The maximum atomic E-state index is 12.6. The first kappa shape index (κ1) is 17.9. The zero-order valence-electron chi connectivity index (χ0n) is 12.3. The fourth-order valence-electron chi connectivity index (χ4n) is 1.98. The molecule has 0 saturated carbocycles. The van der Waals surface area contributed by atoms with Gasteiger partial charge in [-0.3, -0.25) is 10.1 Å². The maximum absolute atomic E-state index is 12.6. The third kappa shape index (κ3) is 3.93. The van der Waals surface area contributed by atoms with Gasteiger partial charge in [0.1, 0.15) is 5.02 Å². The second-order valence-electron chi connectivity index (χ2n) is 4.68. The Labute approximate surface area is 129 Å². The Bertz CT molecular complexity index is 631. The van der Waals surface area contributed by atoms with Gasteiger partial charge in [0.15, 0.2) is 0 Å². The third-order valence-corrected chi connectivity index (χ3v) is 5.59. The van der Waals surface area contributed by atoms with Gasteiger partial charge in [-0.25, -0.2) is 8.42 Å². The van der Waals surface area contributed by atoms with E-state index < -0.39 is 20.6 Å². The Hall–Kier alpha value is -1.18. The van der Waals surface area contributed by atoms with Crippen molar-refractivity contribution >= 4 is 27.3 Å². The van der Waals surface area contributed by atoms with Crippen LogP contribution in [0.4, 0.5) is 5.69 Å². The van der Waals surface area contributed by atoms with Crippen molar-refractivity contribution in [1.82, 2.24) is 4.31 Å². The summed E-state index contributed by atoms with van der Waals surface area (Å²) in [6.45, 7) is 6.01. The molecule has 6 nitrogen and oxygen atoms in total. The summed E-state index contributed by atoms with van der Waals surface area (Å²) in [4.78, 5) is 10.2. The number of halogens is 1. The minimum Gasteiger partial charge on any atom is -0.258 e. The summed E-state index contributed by atoms with van der Waals surface area (Å²) in [5, 5.41) is 10.9. The van der Waals surface area contributed by atoms with Crippen LogP contribution in [0.1, 0.15) is 32.3 Å². The molecule has 0 atom stereocenters. The SMILES string of the molecule is CCCCN(CC)S(=O)(=O)c1cc([N+](=O)[O-])c(Cl)cc1C. The van der Waals surface area contributed by atoms with E-state index in [-0.39, 0.29) is 9.92 Å². The lowest BCUT2D eigenvalue weighted by atomic mass is 10.2. The molecule has 0 aliphatic heterocycles. The van der Waals surface area contributed by atoms with Gasteiger partial charge in [-0.1, -0.05) is 31.9 Å². The zero-order valence-corrected chi connectivity index (χ0v) is 13.9. The molecule has 0 N–H and O–H groups in total. The van der Waals surface area contributed by atoms with Gasteiger partial charge in [0, 0.05) is 19.2 Å². The molecule has 0 aromatic heterocycles. The highest BCUT2D eigenvalue weighted by atomic mass is 35.5. The average Bonchev–Trinajstić information content (AvgIpc) is 2.38. The number of aryl methyl sites for hydroxylation is 1. The van der Waals surface area contributed by atoms with Crippen LogP contribution in [0.5, 0.6) is 0 Å². The molecule has 118 valence electrons. The molecule has 0 unspecified atom stereocenters. The summed E-state index contributed by atoms with van der Waals surface area (Å²) in [6.07, 6.45) is 1.60. The lowest BCUT2D eigenvalue weighted by Gasteiger charge is -2.21. The highest BCUT2D eigenvalue weighted by molar-refractivity contribution is 7.89. The molecule has 0 spiro atoms. The Morgan fingerprint density at radius 3 is 2.43 bits per heavy atom. The molecule has 0 aliphatic carbocycles. The highest BCUT2D eigenvalue weighted by Crippen LogP contribution is 2.31. The van der Waals surface area contributed by atoms with E-state index in [4.69, 9.17) is 11.6 Å². The summed E-state index contributed by atoms with van der Waals surface area (Å²) in [6, 6.07) is 2.36. The normalized spacial score (nSPS) is 11.9. The van der Waals surface area contributed by atoms with Crippen LogP contribution >= 0.6 is 11.6 Å². The first-order chi connectivity index (χ1) is 9.75. The van der Waals surface area contributed by atoms with Crippen molar-refractivity contribution in [3.63, 3.8) is 0 Å². The molecule has 0 amide bonds. The van der Waals surface area contributed by atoms with Gasteiger partial charge >= 0.3 is 0 Å². The molecule has 1 aromatic carbocycles. The van der Waals surface area contributed by atoms with Crippen molar-refractivity contribution < 1.29 is 13.3 Å². The number of rotatable bonds is 7. The van der Waals surface area contributed by atoms with E-state index in [1.54, 1.807) is 13.8 Å². The molecule has 0 aliphatic rings. The fourth-order valence-corrected chi connectivity index (χ4v) is 3.98. The number of unbranched alkanes of at least 4 members (excludes halogenated alkanes) is 1. The average molecular weight is 335 g/mol. The summed E-state index contributed by atoms with van der Waals surface area (Å²) < 4.78 is 26.6. The molecular formula is C13H19ClN2O4S. The molecule has 21 heavy (non-hydrogen) atoms. The van der Waals surface area contributed by atoms with Crippen molar-refractivity contribution in [3.8, 4) is 0 Å². The Balaban J connectivity index is 3.36. The second-order valence-corrected chi connectivity index (χ2v) is 6.99. The summed E-state index contributed by atoms with van der Waals surface area (Å²) in [5.41, 5.74) is 0.00735. The summed E-state index contributed by atoms with van der Waals surface area (Å²) in [5.74, 6) is 0. The van der Waals surface area contributed by atoms with Crippen molar-refractivity contribution in [2.24, 2.45) is 0 Å². The first-order valence-electron chi connectivity index (χ1n) is 6.70. The van der Waals surface area contributed by atoms with E-state index in [1.807, 2.05) is 6.92 Å². The van der Waals surface area contributed by atoms with Crippen LogP contribution in [-0.2, 0) is 10.0 Å². The highest BCUT2D eigenvalue weighted by Gasteiger charge is 2.28. The van der Waals surface area contributed by atoms with Gasteiger partial charge in [0.2, 0.25) is 10.0 Å². The largest absolute Gasteiger partial charge is 0.289 e. The zero-order chi connectivity index (χ0) is 16.2. The number of sulfonamides is 1. The van der Waals surface area contributed by atoms with Gasteiger partial charge in [-0.05, 0) is 25.0 Å². The molecular weight excluding hydrogens is 316 g/mol. The molecule has 1 aromatic rings. The number of nitro benzene ring substituents is 1. The van der Waals surface area contributed by atoms with Crippen LogP contribution in [0.25, 0.3) is 0 Å². The molecule has 8 heteroatoms. The van der Waals surface area contributed by atoms with Crippen molar-refractivity contribution in [3.05, 3.63) is 32.8 Å². The smallest absolute Gasteiger partial charge is 0.258 e. The van der Waals surface area contributed by atoms with Crippen LogP contribution < -0.4 is 0 Å². The van der Waals surface area contributed by atoms with Crippen LogP contribution in [0.2, 0.25) is 5.02 Å². The minimum atomic E-state index is -3.76. The lowest BCUT2D eigenvalue weighted by Crippen LogP contribution is -2.32. The summed E-state index contributed by atoms with van der Waals surface area (Å²) in [7, 11) is -3.76. The first-order valence-corrected chi connectivity index (χ1v) is 8.52. The third-order valence-electron chi connectivity index (χ3n) is 3.17. The topological polar surface area (TPSA) is 80.5 Å². The van der Waals surface area contributed by atoms with Crippen LogP contribution in [0.3, 0.4) is 0 Å². The van der Waals surface area contributed by atoms with E-state index in [0.717, 1.165) is 18.9 Å². The monoisotopic (exact) mass is 334 g/mol. The Morgan fingerprint density at radius 2 is 1.95 bits per heavy atom. The van der Waals surface area contributed by atoms with Crippen LogP contribution in [0, 0.1) is 17.0 Å². The second kappa shape index (κ2) is 7.20. The molecule has 0 radical (unpaired) electrons. The number of benzene rings is 1. The number of hydrogen-bond donors (Lipinski definition) is 0. The predicted molar refractivity (Wildman–Crippen MR) is 82.2 cm³/mol. The fraction of sp³-hybridized carbons (Fsp3) is 0.538. The molecule has 1 rings (SSSR count). The van der Waals surface area contributed by atoms with E-state index in [2.05, 4.69) is 0 Å². The van der Waals surface area contributed by atoms with E-state index in [0.29, 0.717) is 18.7 Å². The number of nitrogens with zero attached hydrogens (tertiary/aromatic N) is 2. The number of hydrogen-bond acceptors (Lipinski definition) is 4. The van der Waals surface area contributed by atoms with E-state index in [1.165, 1.54) is 10.4 Å². The van der Waals surface area contributed by atoms with Crippen LogP contribution in [-0.4, -0.2) is 30.7 Å². The van der Waals surface area contributed by atoms with E-state index >= 15 is 0 Å². The van der Waals surface area contributed by atoms with Crippen molar-refractivity contribution in [2.45, 2.75) is 38.5 Å². The van der Waals surface area contributed by atoms with E-state index in [9.17, 15) is 18.5 Å². The molecule has 0 heterocycles. The van der Waals surface area contributed by atoms with Gasteiger partial charge in [-0.15, -0.1) is 0 Å². The molecule has 0 bridgehead atoms. The van der Waals surface area contributed by atoms with Gasteiger partial charge < -0.3 is 0 Å². The molecule has 0 saturated heterocycles. The van der Waals surface area contributed by atoms with Gasteiger partial charge in [0.05, 0.1) is 9.82 Å². The lowest BCUT2D eigenvalue weighted by molar-refractivity contribution is -0.384. The minimum absolute atomic E-state index is 0.0587. The van der Waals surface area contributed by atoms with Crippen LogP contribution in [0.15, 0.2) is 17.0 Å². The number of nitro groups is 1.